The minimum absolute atomic E-state index is 0.318. The van der Waals surface area contributed by atoms with Crippen LogP contribution in [0.15, 0.2) is 108 Å². The molecule has 33 heavy (non-hydrogen) atoms. The Morgan fingerprint density at radius 3 is 1.73 bits per heavy atom. The van der Waals surface area contributed by atoms with Crippen LogP contribution in [0.4, 0.5) is 29.2 Å². The Morgan fingerprint density at radius 2 is 1.09 bits per heavy atom. The number of benzene rings is 4. The van der Waals surface area contributed by atoms with Gasteiger partial charge in [0.2, 0.25) is 17.8 Å². The first kappa shape index (κ1) is 20.1. The summed E-state index contributed by atoms with van der Waals surface area (Å²) in [6.07, 6.45) is 1.74. The van der Waals surface area contributed by atoms with Gasteiger partial charge >= 0.3 is 0 Å². The van der Waals surface area contributed by atoms with Crippen molar-refractivity contribution in [1.82, 2.24) is 15.0 Å². The molecule has 0 saturated carbocycles. The summed E-state index contributed by atoms with van der Waals surface area (Å²) in [5.74, 6) is 1.12. The lowest BCUT2D eigenvalue weighted by Gasteiger charge is -2.10. The molecule has 0 radical (unpaired) electrons. The van der Waals surface area contributed by atoms with Gasteiger partial charge in [-0.15, -0.1) is 0 Å². The molecule has 0 unspecified atom stereocenters. The summed E-state index contributed by atoms with van der Waals surface area (Å²) in [5, 5.41) is 13.1. The molecule has 0 fully saturated rings. The number of anilines is 5. The highest BCUT2D eigenvalue weighted by atomic mass is 15.4. The normalized spacial score (nSPS) is 10.9. The van der Waals surface area contributed by atoms with E-state index in [2.05, 4.69) is 60.4 Å². The molecule has 0 spiro atoms. The van der Waals surface area contributed by atoms with Crippen molar-refractivity contribution in [3.63, 3.8) is 0 Å². The minimum Gasteiger partial charge on any atom is -0.324 e. The molecule has 0 amide bonds. The van der Waals surface area contributed by atoms with Crippen LogP contribution in [0.1, 0.15) is 5.56 Å². The number of para-hydroxylation sites is 2. The minimum atomic E-state index is 0.318. The van der Waals surface area contributed by atoms with E-state index in [0.717, 1.165) is 22.3 Å². The lowest BCUT2D eigenvalue weighted by molar-refractivity contribution is 1.04. The molecule has 3 N–H and O–H groups in total. The van der Waals surface area contributed by atoms with E-state index in [0.29, 0.717) is 17.8 Å². The van der Waals surface area contributed by atoms with E-state index >= 15 is 0 Å². The Balaban J connectivity index is 1.38. The SMILES string of the molecule is C(=N/Nc1nc(Nc2ccccc2)nc(Nc2ccccc2)n1)/c1ccc2ccccc2c1. The number of rotatable bonds is 7. The van der Waals surface area contributed by atoms with E-state index in [1.165, 1.54) is 5.39 Å². The molecule has 1 heterocycles. The van der Waals surface area contributed by atoms with Crippen molar-refractivity contribution < 1.29 is 0 Å². The molecule has 160 valence electrons. The van der Waals surface area contributed by atoms with Crippen LogP contribution in [-0.4, -0.2) is 21.2 Å². The highest BCUT2D eigenvalue weighted by Gasteiger charge is 2.07. The molecule has 0 aliphatic carbocycles. The molecule has 1 aromatic heterocycles. The van der Waals surface area contributed by atoms with Gasteiger partial charge in [0.05, 0.1) is 6.21 Å². The zero-order chi connectivity index (χ0) is 22.3. The van der Waals surface area contributed by atoms with E-state index in [9.17, 15) is 0 Å². The number of fused-ring (bicyclic) bond motifs is 1. The Bertz CT molecular complexity index is 1330. The Labute approximate surface area is 191 Å². The third-order valence-corrected chi connectivity index (χ3v) is 4.85. The van der Waals surface area contributed by atoms with Gasteiger partial charge in [-0.1, -0.05) is 72.8 Å². The molecule has 5 rings (SSSR count). The number of hydrogen-bond donors (Lipinski definition) is 3. The lowest BCUT2D eigenvalue weighted by Crippen LogP contribution is -2.07. The molecular weight excluding hydrogens is 410 g/mol. The van der Waals surface area contributed by atoms with Gasteiger partial charge in [-0.05, 0) is 46.7 Å². The monoisotopic (exact) mass is 431 g/mol. The number of nitrogens with one attached hydrogen (secondary N) is 3. The van der Waals surface area contributed by atoms with E-state index < -0.39 is 0 Å². The number of hydrogen-bond acceptors (Lipinski definition) is 7. The van der Waals surface area contributed by atoms with Gasteiger partial charge in [-0.3, -0.25) is 0 Å². The van der Waals surface area contributed by atoms with Crippen molar-refractivity contribution >= 4 is 46.2 Å². The first-order valence-electron chi connectivity index (χ1n) is 10.5. The van der Waals surface area contributed by atoms with Crippen molar-refractivity contribution in [3.05, 3.63) is 109 Å². The van der Waals surface area contributed by atoms with Crippen LogP contribution in [0, 0.1) is 0 Å². The fourth-order valence-corrected chi connectivity index (χ4v) is 3.29. The quantitative estimate of drug-likeness (QED) is 0.218. The first-order valence-corrected chi connectivity index (χ1v) is 10.5. The van der Waals surface area contributed by atoms with Gasteiger partial charge in [-0.25, -0.2) is 5.43 Å². The van der Waals surface area contributed by atoms with Crippen LogP contribution in [-0.2, 0) is 0 Å². The average Bonchev–Trinajstić information content (AvgIpc) is 2.85. The first-order chi connectivity index (χ1) is 16.3. The van der Waals surface area contributed by atoms with Crippen molar-refractivity contribution in [1.29, 1.82) is 0 Å². The van der Waals surface area contributed by atoms with Gasteiger partial charge < -0.3 is 10.6 Å². The van der Waals surface area contributed by atoms with Crippen LogP contribution in [0.25, 0.3) is 10.8 Å². The van der Waals surface area contributed by atoms with E-state index in [-0.39, 0.29) is 0 Å². The smallest absolute Gasteiger partial charge is 0.250 e. The topological polar surface area (TPSA) is 87.1 Å². The van der Waals surface area contributed by atoms with Crippen molar-refractivity contribution in [3.8, 4) is 0 Å². The van der Waals surface area contributed by atoms with Crippen molar-refractivity contribution in [2.24, 2.45) is 5.10 Å². The lowest BCUT2D eigenvalue weighted by atomic mass is 10.1. The largest absolute Gasteiger partial charge is 0.324 e. The highest BCUT2D eigenvalue weighted by molar-refractivity contribution is 5.90. The zero-order valence-corrected chi connectivity index (χ0v) is 17.7. The second kappa shape index (κ2) is 9.57. The molecule has 0 bridgehead atoms. The zero-order valence-electron chi connectivity index (χ0n) is 17.7. The summed E-state index contributed by atoms with van der Waals surface area (Å²) >= 11 is 0. The fourth-order valence-electron chi connectivity index (χ4n) is 3.29. The third-order valence-electron chi connectivity index (χ3n) is 4.85. The average molecular weight is 432 g/mol. The highest BCUT2D eigenvalue weighted by Crippen LogP contribution is 2.19. The maximum Gasteiger partial charge on any atom is 0.250 e. The molecule has 0 aliphatic rings. The maximum atomic E-state index is 4.49. The maximum absolute atomic E-state index is 4.49. The predicted octanol–water partition coefficient (Wildman–Crippen LogP) is 5.96. The van der Waals surface area contributed by atoms with Crippen LogP contribution < -0.4 is 16.1 Å². The molecule has 7 heteroatoms. The Kier molecular flexibility index (Phi) is 5.84. The standard InChI is InChI=1S/C26H21N7/c1-3-11-22(12-4-1)28-24-30-25(29-23-13-5-2-6-14-23)32-26(31-24)33-27-18-19-15-16-20-9-7-8-10-21(20)17-19/h1-18H,(H3,28,29,30,31,32,33)/b27-18-. The van der Waals surface area contributed by atoms with Crippen molar-refractivity contribution in [2.75, 3.05) is 16.1 Å². The number of nitrogens with zero attached hydrogens (tertiary/aromatic N) is 4. The molecule has 0 atom stereocenters. The van der Waals surface area contributed by atoms with Gasteiger partial charge in [0.15, 0.2) is 0 Å². The molecule has 0 saturated heterocycles. The second-order valence-corrected chi connectivity index (χ2v) is 7.26. The fraction of sp³-hybridized carbons (Fsp3) is 0. The molecule has 5 aromatic rings. The van der Waals surface area contributed by atoms with E-state index in [4.69, 9.17) is 0 Å². The molecule has 4 aromatic carbocycles. The third kappa shape index (κ3) is 5.29. The molecular formula is C26H21N7. The summed E-state index contributed by atoms with van der Waals surface area (Å²) in [4.78, 5) is 13.4. The summed E-state index contributed by atoms with van der Waals surface area (Å²) in [7, 11) is 0. The van der Waals surface area contributed by atoms with Crippen LogP contribution in [0.2, 0.25) is 0 Å². The summed E-state index contributed by atoms with van der Waals surface area (Å²) in [6, 6.07) is 33.8. The molecule has 7 nitrogen and oxygen atoms in total. The summed E-state index contributed by atoms with van der Waals surface area (Å²) < 4.78 is 0. The predicted molar refractivity (Wildman–Crippen MR) is 134 cm³/mol. The van der Waals surface area contributed by atoms with E-state index in [1.807, 2.05) is 78.9 Å². The number of hydrazone groups is 1. The molecule has 0 aliphatic heterocycles. The van der Waals surface area contributed by atoms with Gasteiger partial charge in [0.25, 0.3) is 0 Å². The summed E-state index contributed by atoms with van der Waals surface area (Å²) in [5.41, 5.74) is 5.64. The number of aromatic nitrogens is 3. The van der Waals surface area contributed by atoms with Crippen LogP contribution in [0.5, 0.6) is 0 Å². The van der Waals surface area contributed by atoms with Crippen LogP contribution >= 0.6 is 0 Å². The van der Waals surface area contributed by atoms with E-state index in [1.54, 1.807) is 6.21 Å². The van der Waals surface area contributed by atoms with Crippen LogP contribution in [0.3, 0.4) is 0 Å². The van der Waals surface area contributed by atoms with Crippen molar-refractivity contribution in [2.45, 2.75) is 0 Å². The Morgan fingerprint density at radius 1 is 0.545 bits per heavy atom. The second-order valence-electron chi connectivity index (χ2n) is 7.26. The van der Waals surface area contributed by atoms with Gasteiger partial charge in [0.1, 0.15) is 0 Å². The summed E-state index contributed by atoms with van der Waals surface area (Å²) in [6.45, 7) is 0. The Hall–Kier alpha value is -4.78. The van der Waals surface area contributed by atoms with Gasteiger partial charge in [-0.2, -0.15) is 20.1 Å². The van der Waals surface area contributed by atoms with Gasteiger partial charge in [0, 0.05) is 11.4 Å².